The van der Waals surface area contributed by atoms with Crippen LogP contribution in [0.3, 0.4) is 0 Å². The van der Waals surface area contributed by atoms with Gasteiger partial charge < -0.3 is 25.6 Å². The smallest absolute Gasteiger partial charge is 0.218 e. The minimum Gasteiger partial charge on any atom is -0.394 e. The van der Waals surface area contributed by atoms with Crippen molar-refractivity contribution < 1.29 is 14.9 Å². The van der Waals surface area contributed by atoms with Crippen molar-refractivity contribution in [3.8, 4) is 0 Å². The van der Waals surface area contributed by atoms with Crippen LogP contribution in [0.15, 0.2) is 9.98 Å². The summed E-state index contributed by atoms with van der Waals surface area (Å²) in [6, 6.07) is 0. The maximum atomic E-state index is 9.53. The molecule has 0 radical (unpaired) electrons. The third-order valence-electron chi connectivity index (χ3n) is 2.49. The lowest BCUT2D eigenvalue weighted by Gasteiger charge is -2.26. The highest BCUT2D eigenvalue weighted by atomic mass is 16.5. The van der Waals surface area contributed by atoms with Gasteiger partial charge >= 0.3 is 0 Å². The second-order valence-electron chi connectivity index (χ2n) is 3.53. The summed E-state index contributed by atoms with van der Waals surface area (Å²) < 4.78 is 5.42. The Morgan fingerprint density at radius 1 is 1.67 bits per heavy atom. The Labute approximate surface area is 86.9 Å². The first-order chi connectivity index (χ1) is 7.20. The normalized spacial score (nSPS) is 35.7. The topological polar surface area (TPSA) is 104 Å². The zero-order valence-electron chi connectivity index (χ0n) is 8.15. The van der Waals surface area contributed by atoms with Gasteiger partial charge in [-0.1, -0.05) is 0 Å². The first kappa shape index (κ1) is 10.3. The molecule has 3 atom stereocenters. The molecule has 0 saturated carbocycles. The molecule has 2 aliphatic rings. The monoisotopic (exact) mass is 214 g/mol. The summed E-state index contributed by atoms with van der Waals surface area (Å²) >= 11 is 0. The number of hydrogen-bond donors (Lipinski definition) is 3. The first-order valence-corrected chi connectivity index (χ1v) is 4.75. The molecular weight excluding hydrogens is 200 g/mol. The van der Waals surface area contributed by atoms with Crippen molar-refractivity contribution in [3.05, 3.63) is 0 Å². The van der Waals surface area contributed by atoms with Crippen LogP contribution in [-0.2, 0) is 4.74 Å². The second-order valence-corrected chi connectivity index (χ2v) is 3.53. The lowest BCUT2D eigenvalue weighted by atomic mass is 10.2. The molecule has 0 aliphatic carbocycles. The van der Waals surface area contributed by atoms with Gasteiger partial charge in [-0.25, -0.2) is 9.98 Å². The van der Waals surface area contributed by atoms with E-state index in [-0.39, 0.29) is 18.8 Å². The maximum Gasteiger partial charge on any atom is 0.218 e. The van der Waals surface area contributed by atoms with Crippen LogP contribution in [0.4, 0.5) is 0 Å². The molecule has 0 amide bonds. The molecule has 7 nitrogen and oxygen atoms in total. The lowest BCUT2D eigenvalue weighted by Crippen LogP contribution is -2.38. The average molecular weight is 214 g/mol. The van der Waals surface area contributed by atoms with Crippen molar-refractivity contribution in [2.24, 2.45) is 15.7 Å². The van der Waals surface area contributed by atoms with Crippen molar-refractivity contribution in [3.63, 3.8) is 0 Å². The van der Waals surface area contributed by atoms with Crippen LogP contribution in [0.25, 0.3) is 0 Å². The third kappa shape index (κ3) is 2.09. The number of guanidine groups is 1. The van der Waals surface area contributed by atoms with Gasteiger partial charge in [0.2, 0.25) is 5.96 Å². The minimum absolute atomic E-state index is 0.186. The number of nitrogens with zero attached hydrogens (tertiary/aromatic N) is 3. The van der Waals surface area contributed by atoms with Gasteiger partial charge in [-0.3, -0.25) is 0 Å². The van der Waals surface area contributed by atoms with E-state index in [1.54, 1.807) is 11.2 Å². The Balaban J connectivity index is 1.94. The molecule has 1 saturated heterocycles. The fourth-order valence-corrected chi connectivity index (χ4v) is 1.61. The van der Waals surface area contributed by atoms with Crippen molar-refractivity contribution in [2.75, 3.05) is 13.3 Å². The molecule has 0 aromatic heterocycles. The molecule has 0 unspecified atom stereocenters. The van der Waals surface area contributed by atoms with E-state index in [1.165, 1.54) is 0 Å². The summed E-state index contributed by atoms with van der Waals surface area (Å²) in [5.41, 5.74) is 5.37. The van der Waals surface area contributed by atoms with Gasteiger partial charge in [0.1, 0.15) is 19.0 Å². The van der Waals surface area contributed by atoms with Crippen molar-refractivity contribution in [1.29, 1.82) is 0 Å². The average Bonchev–Trinajstić information content (AvgIpc) is 2.61. The van der Waals surface area contributed by atoms with Crippen molar-refractivity contribution >= 4 is 12.3 Å². The van der Waals surface area contributed by atoms with Crippen LogP contribution < -0.4 is 5.73 Å². The number of ether oxygens (including phenoxy) is 1. The zero-order valence-corrected chi connectivity index (χ0v) is 8.15. The van der Waals surface area contributed by atoms with Crippen molar-refractivity contribution in [2.45, 2.75) is 24.9 Å². The van der Waals surface area contributed by atoms with Gasteiger partial charge in [0.05, 0.1) is 19.0 Å². The second kappa shape index (κ2) is 4.13. The standard InChI is InChI=1S/C8H14N4O3/c9-8-10-3-12(4-11-8)7-1-5(14)6(2-13)15-7/h3,5-7,13-14H,1-2,4H2,(H2,9,11)/t5-,6+,7+/m0/s1. The molecule has 1 fully saturated rings. The molecule has 2 aliphatic heterocycles. The predicted molar refractivity (Wildman–Crippen MR) is 53.2 cm³/mol. The molecular formula is C8H14N4O3. The SMILES string of the molecule is NC1=NCN([C@H]2C[C@H](O)[C@@H](CO)O2)C=N1. The Kier molecular flexibility index (Phi) is 2.85. The summed E-state index contributed by atoms with van der Waals surface area (Å²) in [6.45, 7) is 0.179. The number of aliphatic hydroxyl groups is 2. The molecule has 2 heterocycles. The molecule has 2 rings (SSSR count). The summed E-state index contributed by atoms with van der Waals surface area (Å²) in [5.74, 6) is 0.239. The quantitative estimate of drug-likeness (QED) is 0.496. The summed E-state index contributed by atoms with van der Waals surface area (Å²) in [5, 5.41) is 18.4. The summed E-state index contributed by atoms with van der Waals surface area (Å²) in [7, 11) is 0. The van der Waals surface area contributed by atoms with Crippen LogP contribution in [-0.4, -0.2) is 59.1 Å². The van der Waals surface area contributed by atoms with Gasteiger partial charge in [0.25, 0.3) is 0 Å². The summed E-state index contributed by atoms with van der Waals surface area (Å²) in [6.07, 6.45) is 0.521. The van der Waals surface area contributed by atoms with Gasteiger partial charge in [0.15, 0.2) is 0 Å². The number of nitrogens with two attached hydrogens (primary N) is 1. The minimum atomic E-state index is -0.642. The first-order valence-electron chi connectivity index (χ1n) is 4.75. The number of rotatable bonds is 2. The van der Waals surface area contributed by atoms with E-state index in [1.807, 2.05) is 0 Å². The van der Waals surface area contributed by atoms with Crippen molar-refractivity contribution in [1.82, 2.24) is 4.90 Å². The number of aliphatic hydroxyl groups excluding tert-OH is 2. The number of hydrogen-bond acceptors (Lipinski definition) is 7. The highest BCUT2D eigenvalue weighted by molar-refractivity contribution is 5.87. The lowest BCUT2D eigenvalue weighted by molar-refractivity contribution is -0.0563. The maximum absolute atomic E-state index is 9.53. The molecule has 0 aromatic rings. The van der Waals surface area contributed by atoms with E-state index in [4.69, 9.17) is 15.6 Å². The Morgan fingerprint density at radius 3 is 3.00 bits per heavy atom. The van der Waals surface area contributed by atoms with E-state index >= 15 is 0 Å². The third-order valence-corrected chi connectivity index (χ3v) is 2.49. The van der Waals surface area contributed by atoms with E-state index in [0.717, 1.165) is 0 Å². The van der Waals surface area contributed by atoms with Crippen LogP contribution in [0, 0.1) is 0 Å². The fraction of sp³-hybridized carbons (Fsp3) is 0.750. The fourth-order valence-electron chi connectivity index (χ4n) is 1.61. The molecule has 7 heteroatoms. The highest BCUT2D eigenvalue weighted by Crippen LogP contribution is 2.22. The Morgan fingerprint density at radius 2 is 2.47 bits per heavy atom. The van der Waals surface area contributed by atoms with Gasteiger partial charge in [0, 0.05) is 6.42 Å². The molecule has 0 bridgehead atoms. The van der Waals surface area contributed by atoms with E-state index in [9.17, 15) is 5.11 Å². The molecule has 0 spiro atoms. The van der Waals surface area contributed by atoms with Crippen LogP contribution in [0.5, 0.6) is 0 Å². The largest absolute Gasteiger partial charge is 0.394 e. The van der Waals surface area contributed by atoms with Gasteiger partial charge in [-0.05, 0) is 0 Å². The molecule has 84 valence electrons. The van der Waals surface area contributed by atoms with Crippen LogP contribution in [0.2, 0.25) is 0 Å². The van der Waals surface area contributed by atoms with E-state index in [2.05, 4.69) is 9.98 Å². The highest BCUT2D eigenvalue weighted by Gasteiger charge is 2.36. The van der Waals surface area contributed by atoms with E-state index in [0.29, 0.717) is 13.1 Å². The number of aliphatic imine (C=N–C) groups is 2. The molecule has 15 heavy (non-hydrogen) atoms. The Bertz CT molecular complexity index is 294. The zero-order chi connectivity index (χ0) is 10.8. The van der Waals surface area contributed by atoms with Crippen LogP contribution >= 0.6 is 0 Å². The summed E-state index contributed by atoms with van der Waals surface area (Å²) in [4.78, 5) is 9.50. The van der Waals surface area contributed by atoms with E-state index < -0.39 is 12.2 Å². The van der Waals surface area contributed by atoms with Gasteiger partial charge in [-0.15, -0.1) is 0 Å². The van der Waals surface area contributed by atoms with Gasteiger partial charge in [-0.2, -0.15) is 0 Å². The molecule has 0 aromatic carbocycles. The van der Waals surface area contributed by atoms with Crippen LogP contribution in [0.1, 0.15) is 6.42 Å². The predicted octanol–water partition coefficient (Wildman–Crippen LogP) is -1.93. The molecule has 4 N–H and O–H groups in total. The Hall–Kier alpha value is -1.18.